The Balaban J connectivity index is 0. The fourth-order valence-corrected chi connectivity index (χ4v) is 1.48. The maximum absolute atomic E-state index is 11.4. The Morgan fingerprint density at radius 1 is 1.58 bits per heavy atom. The van der Waals surface area contributed by atoms with Gasteiger partial charge >= 0.3 is 17.1 Å². The second kappa shape index (κ2) is 13.9. The van der Waals surface area contributed by atoms with Crippen LogP contribution in [0.4, 0.5) is 0 Å². The van der Waals surface area contributed by atoms with Crippen LogP contribution in [-0.4, -0.2) is 31.0 Å². The van der Waals surface area contributed by atoms with Gasteiger partial charge in [-0.05, 0) is 24.2 Å². The van der Waals surface area contributed by atoms with E-state index in [1.807, 2.05) is 6.92 Å². The molecule has 0 saturated carbocycles. The summed E-state index contributed by atoms with van der Waals surface area (Å²) in [5.41, 5.74) is 0.626. The summed E-state index contributed by atoms with van der Waals surface area (Å²) in [5.74, 6) is 0.00500. The standard InChI is InChI=1S/C11H15BrN2O.CNS.Cu/c1-2-13-5-6-14-8-9-7-10(12)3-4-11(9)15;2-1-3;/h3-4,7-8,13,15H,2,5-6H2,1H3;;/q;-1;+2/p-1. The largest absolute Gasteiger partial charge is 2.00 e. The van der Waals surface area contributed by atoms with Gasteiger partial charge in [-0.2, -0.15) is 5.16 Å². The summed E-state index contributed by atoms with van der Waals surface area (Å²) in [6.07, 6.45) is 1.63. The topological polar surface area (TPSA) is 69.8 Å². The summed E-state index contributed by atoms with van der Waals surface area (Å²) in [6, 6.07) is 5.05. The Bertz CT molecular complexity index is 423. The van der Waals surface area contributed by atoms with E-state index in [0.29, 0.717) is 12.1 Å². The first kappa shape index (κ1) is 20.8. The van der Waals surface area contributed by atoms with Crippen LogP contribution in [0.15, 0.2) is 27.7 Å². The second-order valence-electron chi connectivity index (χ2n) is 3.16. The average molecular weight is 392 g/mol. The molecule has 107 valence electrons. The molecule has 0 amide bonds. The fourth-order valence-electron chi connectivity index (χ4n) is 1.10. The minimum atomic E-state index is 0. The molecule has 1 radical (unpaired) electrons. The van der Waals surface area contributed by atoms with Gasteiger partial charge in [0.25, 0.3) is 0 Å². The van der Waals surface area contributed by atoms with Gasteiger partial charge in [0.15, 0.2) is 0 Å². The van der Waals surface area contributed by atoms with Crippen LogP contribution in [0.1, 0.15) is 12.5 Å². The SMILES string of the molecule is CCNCCN=Cc1cc(Br)ccc1[O-].[Cu+2].[N-]=C=S. The summed E-state index contributed by atoms with van der Waals surface area (Å²) in [6.45, 7) is 4.53. The van der Waals surface area contributed by atoms with E-state index in [0.717, 1.165) is 17.6 Å². The van der Waals surface area contributed by atoms with Gasteiger partial charge in [-0.3, -0.25) is 4.99 Å². The molecule has 0 fully saturated rings. The molecule has 19 heavy (non-hydrogen) atoms. The van der Waals surface area contributed by atoms with E-state index in [1.54, 1.807) is 18.3 Å². The van der Waals surface area contributed by atoms with Crippen molar-refractivity contribution in [3.8, 4) is 5.75 Å². The zero-order valence-electron chi connectivity index (χ0n) is 10.3. The van der Waals surface area contributed by atoms with Gasteiger partial charge in [0.05, 0.1) is 6.54 Å². The van der Waals surface area contributed by atoms with E-state index in [2.05, 4.69) is 38.5 Å². The van der Waals surface area contributed by atoms with Gasteiger partial charge in [0.2, 0.25) is 0 Å². The van der Waals surface area contributed by atoms with E-state index in [-0.39, 0.29) is 22.8 Å². The van der Waals surface area contributed by atoms with Crippen molar-refractivity contribution in [2.75, 3.05) is 19.6 Å². The van der Waals surface area contributed by atoms with Gasteiger partial charge in [-0.15, -0.1) is 0 Å². The third kappa shape index (κ3) is 11.0. The molecule has 7 heteroatoms. The van der Waals surface area contributed by atoms with Gasteiger partial charge in [-0.1, -0.05) is 46.9 Å². The average Bonchev–Trinajstić information content (AvgIpc) is 2.34. The van der Waals surface area contributed by atoms with Crippen molar-refractivity contribution in [1.29, 1.82) is 0 Å². The molecule has 4 nitrogen and oxygen atoms in total. The molecular formula is C12H14BrCuN3OS. The predicted octanol–water partition coefficient (Wildman–Crippen LogP) is 2.21. The molecule has 0 aliphatic rings. The molecule has 0 bridgehead atoms. The number of hydrogen-bond acceptors (Lipinski definition) is 4. The third-order valence-corrected chi connectivity index (χ3v) is 2.36. The van der Waals surface area contributed by atoms with Crippen LogP contribution in [0.2, 0.25) is 0 Å². The van der Waals surface area contributed by atoms with E-state index in [4.69, 9.17) is 5.41 Å². The molecule has 1 aromatic rings. The first-order chi connectivity index (χ1) is 8.65. The Labute approximate surface area is 137 Å². The zero-order valence-corrected chi connectivity index (χ0v) is 13.7. The molecule has 1 rings (SSSR count). The number of halogens is 1. The maximum atomic E-state index is 11.4. The number of benzene rings is 1. The molecule has 0 aromatic heterocycles. The minimum Gasteiger partial charge on any atom is -0.872 e. The smallest absolute Gasteiger partial charge is 0.872 e. The molecule has 0 aliphatic carbocycles. The molecule has 0 atom stereocenters. The van der Waals surface area contributed by atoms with Crippen molar-refractivity contribution in [1.82, 2.24) is 5.32 Å². The first-order valence-electron chi connectivity index (χ1n) is 5.34. The minimum absolute atomic E-state index is 0. The van der Waals surface area contributed by atoms with Crippen LogP contribution >= 0.6 is 28.1 Å². The van der Waals surface area contributed by atoms with Crippen molar-refractivity contribution < 1.29 is 22.2 Å². The van der Waals surface area contributed by atoms with Gasteiger partial charge in [-0.25, -0.2) is 0 Å². The number of hydrogen-bond donors (Lipinski definition) is 1. The Kier molecular flexibility index (Phi) is 15.2. The van der Waals surface area contributed by atoms with E-state index in [1.165, 1.54) is 11.2 Å². The molecule has 0 spiro atoms. The van der Waals surface area contributed by atoms with Crippen LogP contribution in [0.5, 0.6) is 5.75 Å². The number of isothiocyanates is 1. The predicted molar refractivity (Wildman–Crippen MR) is 80.5 cm³/mol. The van der Waals surface area contributed by atoms with Crippen molar-refractivity contribution in [3.05, 3.63) is 33.6 Å². The third-order valence-electron chi connectivity index (χ3n) is 1.87. The summed E-state index contributed by atoms with van der Waals surface area (Å²) >= 11 is 7.02. The normalized spacial score (nSPS) is 9.16. The molecule has 0 saturated heterocycles. The molecule has 0 aliphatic heterocycles. The quantitative estimate of drug-likeness (QED) is 0.362. The molecule has 0 heterocycles. The van der Waals surface area contributed by atoms with E-state index in [9.17, 15) is 5.11 Å². The van der Waals surface area contributed by atoms with Gasteiger partial charge in [0, 0.05) is 17.2 Å². The van der Waals surface area contributed by atoms with Crippen LogP contribution in [0.3, 0.4) is 0 Å². The molecule has 1 N–H and O–H groups in total. The van der Waals surface area contributed by atoms with Crippen LogP contribution in [0.25, 0.3) is 5.41 Å². The Hall–Kier alpha value is -0.551. The van der Waals surface area contributed by atoms with Crippen LogP contribution < -0.4 is 10.4 Å². The van der Waals surface area contributed by atoms with Gasteiger partial charge in [0.1, 0.15) is 0 Å². The number of likely N-dealkylation sites (N-methyl/N-ethyl adjacent to an activating group) is 1. The second-order valence-corrected chi connectivity index (χ2v) is 4.26. The monoisotopic (exact) mass is 390 g/mol. The maximum Gasteiger partial charge on any atom is 2.00 e. The summed E-state index contributed by atoms with van der Waals surface area (Å²) in [7, 11) is 0. The van der Waals surface area contributed by atoms with Crippen molar-refractivity contribution in [2.24, 2.45) is 4.99 Å². The van der Waals surface area contributed by atoms with E-state index >= 15 is 0 Å². The molecular weight excluding hydrogens is 378 g/mol. The van der Waals surface area contributed by atoms with Crippen LogP contribution in [0, 0.1) is 0 Å². The number of aliphatic imine (C=N–C) groups is 1. The molecule has 1 aromatic carbocycles. The number of nitrogens with one attached hydrogen (secondary N) is 1. The van der Waals surface area contributed by atoms with Crippen molar-refractivity contribution >= 4 is 39.5 Å². The number of nitrogens with zero attached hydrogens (tertiary/aromatic N) is 2. The van der Waals surface area contributed by atoms with E-state index < -0.39 is 0 Å². The van der Waals surface area contributed by atoms with Gasteiger partial charge < -0.3 is 15.8 Å². The van der Waals surface area contributed by atoms with Crippen molar-refractivity contribution in [3.63, 3.8) is 0 Å². The summed E-state index contributed by atoms with van der Waals surface area (Å²) < 4.78 is 0.898. The van der Waals surface area contributed by atoms with Crippen LogP contribution in [-0.2, 0) is 17.1 Å². The first-order valence-corrected chi connectivity index (χ1v) is 6.54. The summed E-state index contributed by atoms with van der Waals surface area (Å²) in [5, 5.41) is 23.0. The summed E-state index contributed by atoms with van der Waals surface area (Å²) in [4.78, 5) is 4.17. The number of thiocarbonyl (C=S) groups is 1. The zero-order chi connectivity index (χ0) is 13.8. The number of rotatable bonds is 5. The Morgan fingerprint density at radius 2 is 2.21 bits per heavy atom. The van der Waals surface area contributed by atoms with Crippen molar-refractivity contribution in [2.45, 2.75) is 6.92 Å². The molecule has 0 unspecified atom stereocenters. The fraction of sp³-hybridized carbons (Fsp3) is 0.333. The Morgan fingerprint density at radius 3 is 2.79 bits per heavy atom.